The van der Waals surface area contributed by atoms with E-state index in [1.54, 1.807) is 6.92 Å². The molecular formula is C12H7Cl2F2N3O. The summed E-state index contributed by atoms with van der Waals surface area (Å²) >= 11 is 11.1. The van der Waals surface area contributed by atoms with Gasteiger partial charge in [-0.05, 0) is 25.1 Å². The third-order valence-corrected chi connectivity index (χ3v) is 2.79. The molecule has 0 aliphatic rings. The van der Waals surface area contributed by atoms with Crippen LogP contribution in [0.2, 0.25) is 10.2 Å². The molecule has 1 aromatic heterocycles. The van der Waals surface area contributed by atoms with Gasteiger partial charge in [0.25, 0.3) is 5.91 Å². The molecule has 1 amide bonds. The lowest BCUT2D eigenvalue weighted by atomic mass is 10.2. The molecule has 0 spiro atoms. The van der Waals surface area contributed by atoms with E-state index in [0.29, 0.717) is 11.8 Å². The fourth-order valence-corrected chi connectivity index (χ4v) is 1.84. The predicted octanol–water partition coefficient (Wildman–Crippen LogP) is 3.62. The molecule has 2 rings (SSSR count). The molecule has 0 bridgehead atoms. The van der Waals surface area contributed by atoms with Crippen LogP contribution in [0.3, 0.4) is 0 Å². The largest absolute Gasteiger partial charge is 0.290 e. The van der Waals surface area contributed by atoms with Crippen molar-refractivity contribution in [3.63, 3.8) is 0 Å². The summed E-state index contributed by atoms with van der Waals surface area (Å²) in [5.74, 6) is -2.86. The van der Waals surface area contributed by atoms with Gasteiger partial charge in [-0.25, -0.2) is 18.7 Å². The Morgan fingerprint density at radius 1 is 1.15 bits per heavy atom. The molecule has 104 valence electrons. The second-order valence-electron chi connectivity index (χ2n) is 3.86. The van der Waals surface area contributed by atoms with Crippen LogP contribution in [-0.4, -0.2) is 15.9 Å². The van der Waals surface area contributed by atoms with Gasteiger partial charge in [-0.3, -0.25) is 10.1 Å². The molecule has 2 aromatic rings. The third kappa shape index (κ3) is 3.20. The second kappa shape index (κ2) is 5.68. The highest BCUT2D eigenvalue weighted by Crippen LogP contribution is 2.20. The number of aromatic nitrogens is 2. The first kappa shape index (κ1) is 14.6. The number of benzene rings is 1. The van der Waals surface area contributed by atoms with Gasteiger partial charge in [0.15, 0.2) is 0 Å². The fourth-order valence-electron chi connectivity index (χ4n) is 1.45. The Bertz CT molecular complexity index is 674. The van der Waals surface area contributed by atoms with Crippen LogP contribution in [0.1, 0.15) is 16.1 Å². The number of carbonyl (C=O) groups is 1. The van der Waals surface area contributed by atoms with Crippen LogP contribution in [0.15, 0.2) is 18.2 Å². The van der Waals surface area contributed by atoms with E-state index in [9.17, 15) is 13.6 Å². The Morgan fingerprint density at radius 3 is 2.50 bits per heavy atom. The number of anilines is 1. The van der Waals surface area contributed by atoms with E-state index in [-0.39, 0.29) is 11.1 Å². The third-order valence-electron chi connectivity index (χ3n) is 2.30. The zero-order valence-electron chi connectivity index (χ0n) is 10.0. The average Bonchev–Trinajstić information content (AvgIpc) is 2.32. The van der Waals surface area contributed by atoms with Gasteiger partial charge in [-0.2, -0.15) is 0 Å². The van der Waals surface area contributed by atoms with Crippen LogP contribution in [0, 0.1) is 18.6 Å². The Balaban J connectivity index is 2.30. The van der Waals surface area contributed by atoms with Crippen molar-refractivity contribution in [3.8, 4) is 0 Å². The molecule has 0 radical (unpaired) electrons. The van der Waals surface area contributed by atoms with Crippen molar-refractivity contribution < 1.29 is 13.6 Å². The number of hydrogen-bond acceptors (Lipinski definition) is 3. The summed E-state index contributed by atoms with van der Waals surface area (Å²) in [7, 11) is 0. The van der Waals surface area contributed by atoms with E-state index >= 15 is 0 Å². The summed E-state index contributed by atoms with van der Waals surface area (Å²) in [5.41, 5.74) is 0.0104. The Kier molecular flexibility index (Phi) is 4.15. The Morgan fingerprint density at radius 2 is 1.85 bits per heavy atom. The summed E-state index contributed by atoms with van der Waals surface area (Å²) in [4.78, 5) is 19.5. The van der Waals surface area contributed by atoms with Gasteiger partial charge >= 0.3 is 0 Å². The smallest absolute Gasteiger partial charge is 0.261 e. The van der Waals surface area contributed by atoms with Crippen LogP contribution in [0.25, 0.3) is 0 Å². The van der Waals surface area contributed by atoms with E-state index in [2.05, 4.69) is 15.3 Å². The lowest BCUT2D eigenvalue weighted by molar-refractivity contribution is 0.102. The van der Waals surface area contributed by atoms with Gasteiger partial charge < -0.3 is 0 Å². The van der Waals surface area contributed by atoms with Crippen molar-refractivity contribution in [2.24, 2.45) is 0 Å². The van der Waals surface area contributed by atoms with Gasteiger partial charge in [0.2, 0.25) is 5.95 Å². The highest BCUT2D eigenvalue weighted by molar-refractivity contribution is 6.31. The van der Waals surface area contributed by atoms with Crippen molar-refractivity contribution in [3.05, 3.63) is 51.3 Å². The van der Waals surface area contributed by atoms with Gasteiger partial charge in [0.1, 0.15) is 16.8 Å². The summed E-state index contributed by atoms with van der Waals surface area (Å²) in [5, 5.41) is 1.94. The fraction of sp³-hybridized carbons (Fsp3) is 0.0833. The number of amides is 1. The van der Waals surface area contributed by atoms with Crippen LogP contribution in [0.5, 0.6) is 0 Å². The van der Waals surface area contributed by atoms with Crippen LogP contribution in [0.4, 0.5) is 14.7 Å². The first-order valence-corrected chi connectivity index (χ1v) is 6.09. The molecule has 1 aromatic carbocycles. The molecule has 0 aliphatic heterocycles. The number of hydrogen-bond donors (Lipinski definition) is 1. The van der Waals surface area contributed by atoms with Gasteiger partial charge in [-0.15, -0.1) is 0 Å². The number of nitrogens with zero attached hydrogens (tertiary/aromatic N) is 2. The maximum atomic E-state index is 13.6. The maximum absolute atomic E-state index is 13.6. The number of rotatable bonds is 2. The minimum atomic E-state index is -0.951. The summed E-state index contributed by atoms with van der Waals surface area (Å²) < 4.78 is 26.8. The summed E-state index contributed by atoms with van der Waals surface area (Å²) in [6, 6.07) is 2.90. The molecule has 0 fully saturated rings. The molecule has 8 heteroatoms. The Hall–Kier alpha value is -1.79. The topological polar surface area (TPSA) is 54.9 Å². The molecule has 0 aliphatic carbocycles. The van der Waals surface area contributed by atoms with Crippen molar-refractivity contribution in [1.29, 1.82) is 0 Å². The van der Waals surface area contributed by atoms with Crippen molar-refractivity contribution in [2.45, 2.75) is 6.92 Å². The number of halogens is 4. The van der Waals surface area contributed by atoms with Gasteiger partial charge in [0, 0.05) is 5.69 Å². The molecular weight excluding hydrogens is 311 g/mol. The molecule has 0 unspecified atom stereocenters. The molecule has 20 heavy (non-hydrogen) atoms. The molecule has 0 saturated heterocycles. The quantitative estimate of drug-likeness (QED) is 0.680. The average molecular weight is 318 g/mol. The summed E-state index contributed by atoms with van der Waals surface area (Å²) in [6.07, 6.45) is 0. The van der Waals surface area contributed by atoms with E-state index in [1.807, 2.05) is 0 Å². The van der Waals surface area contributed by atoms with Crippen LogP contribution in [-0.2, 0) is 0 Å². The van der Waals surface area contributed by atoms with E-state index in [1.165, 1.54) is 6.07 Å². The summed E-state index contributed by atoms with van der Waals surface area (Å²) in [6.45, 7) is 1.64. The van der Waals surface area contributed by atoms with Crippen molar-refractivity contribution in [2.75, 3.05) is 5.32 Å². The zero-order valence-corrected chi connectivity index (χ0v) is 11.6. The SMILES string of the molecule is Cc1cc(Cl)nc(NC(=O)c2cc(F)c(Cl)cc2F)n1. The van der Waals surface area contributed by atoms with Crippen LogP contribution >= 0.6 is 23.2 Å². The van der Waals surface area contributed by atoms with Crippen molar-refractivity contribution >= 4 is 35.1 Å². The molecule has 0 saturated carbocycles. The highest BCUT2D eigenvalue weighted by atomic mass is 35.5. The number of nitrogens with one attached hydrogen (secondary N) is 1. The monoisotopic (exact) mass is 317 g/mol. The standard InChI is InChI=1S/C12H7Cl2F2N3O/c1-5-2-10(14)18-12(17-5)19-11(20)6-3-9(16)7(13)4-8(6)15/h2-4H,1H3,(H,17,18,19,20). The highest BCUT2D eigenvalue weighted by Gasteiger charge is 2.16. The van der Waals surface area contributed by atoms with Crippen LogP contribution < -0.4 is 5.32 Å². The van der Waals surface area contributed by atoms with E-state index in [0.717, 1.165) is 6.07 Å². The lowest BCUT2D eigenvalue weighted by Crippen LogP contribution is -2.16. The molecule has 1 N–H and O–H groups in total. The van der Waals surface area contributed by atoms with E-state index < -0.39 is 28.1 Å². The zero-order chi connectivity index (χ0) is 14.9. The molecule has 1 heterocycles. The Labute approximate surface area is 122 Å². The molecule has 0 atom stereocenters. The van der Waals surface area contributed by atoms with E-state index in [4.69, 9.17) is 23.2 Å². The first-order chi connectivity index (χ1) is 9.36. The first-order valence-electron chi connectivity index (χ1n) is 5.34. The van der Waals surface area contributed by atoms with Crippen molar-refractivity contribution in [1.82, 2.24) is 9.97 Å². The maximum Gasteiger partial charge on any atom is 0.261 e. The minimum Gasteiger partial charge on any atom is -0.290 e. The number of carbonyl (C=O) groups excluding carboxylic acids is 1. The normalized spacial score (nSPS) is 10.4. The minimum absolute atomic E-state index is 0.102. The number of aryl methyl sites for hydroxylation is 1. The predicted molar refractivity (Wildman–Crippen MR) is 71.1 cm³/mol. The lowest BCUT2D eigenvalue weighted by Gasteiger charge is -2.06. The van der Waals surface area contributed by atoms with Gasteiger partial charge in [0.05, 0.1) is 10.6 Å². The molecule has 4 nitrogen and oxygen atoms in total. The second-order valence-corrected chi connectivity index (χ2v) is 4.65. The van der Waals surface area contributed by atoms with Gasteiger partial charge in [-0.1, -0.05) is 23.2 Å².